The van der Waals surface area contributed by atoms with E-state index < -0.39 is 20.8 Å². The molecule has 0 bridgehead atoms. The van der Waals surface area contributed by atoms with Crippen LogP contribution in [0.4, 0.5) is 0 Å². The SMILES string of the molecule is [CH3][Al][C-]1CCCCO1.[Cl][Zr][Cl].c1ccc2[cH-]ccc2c1.c1ccc2[cH-]ccc2c1. The van der Waals surface area contributed by atoms with Gasteiger partial charge in [-0.3, -0.25) is 0 Å². The van der Waals surface area contributed by atoms with E-state index >= 15 is 0 Å². The summed E-state index contributed by atoms with van der Waals surface area (Å²) in [5, 5.41) is 5.32. The minimum absolute atomic E-state index is 0.482. The molecule has 0 spiro atoms. The largest absolute Gasteiger partial charge is 0.168 e. The fourth-order valence-corrected chi connectivity index (χ4v) is 3.82. The summed E-state index contributed by atoms with van der Waals surface area (Å²) >= 11 is -0.344. The first-order valence-electron chi connectivity index (χ1n) is 9.73. The number of hydrogen-bond donors (Lipinski definition) is 0. The summed E-state index contributed by atoms with van der Waals surface area (Å²) in [6, 6.07) is 29.3. The molecule has 5 heteroatoms. The van der Waals surface area contributed by atoms with Gasteiger partial charge in [0.25, 0.3) is 0 Å². The van der Waals surface area contributed by atoms with Crippen molar-refractivity contribution in [1.29, 1.82) is 0 Å². The van der Waals surface area contributed by atoms with Gasteiger partial charge >= 0.3 is 37.9 Å². The topological polar surface area (TPSA) is 9.23 Å². The van der Waals surface area contributed by atoms with Crippen molar-refractivity contribution in [2.45, 2.75) is 25.0 Å². The first-order valence-corrected chi connectivity index (χ1v) is 17.8. The second kappa shape index (κ2) is 15.4. The molecule has 0 amide bonds. The van der Waals surface area contributed by atoms with E-state index in [1.807, 2.05) is 0 Å². The van der Waals surface area contributed by atoms with Crippen LogP contribution in [-0.2, 0) is 25.6 Å². The molecular weight excluding hydrogens is 493 g/mol. The molecule has 1 aliphatic heterocycles. The number of fused-ring (bicyclic) bond motifs is 2. The van der Waals surface area contributed by atoms with Crippen molar-refractivity contribution >= 4 is 53.8 Å². The Labute approximate surface area is 199 Å². The van der Waals surface area contributed by atoms with Crippen LogP contribution in [0.2, 0.25) is 5.79 Å². The second-order valence-electron chi connectivity index (χ2n) is 6.44. The van der Waals surface area contributed by atoms with E-state index in [9.17, 15) is 0 Å². The van der Waals surface area contributed by atoms with Crippen molar-refractivity contribution in [1.82, 2.24) is 0 Å². The van der Waals surface area contributed by atoms with E-state index in [1.54, 1.807) is 0 Å². The van der Waals surface area contributed by atoms with Crippen LogP contribution in [0.1, 0.15) is 19.3 Å². The molecule has 0 unspecified atom stereocenters. The van der Waals surface area contributed by atoms with E-state index in [0.29, 0.717) is 15.2 Å². The average Bonchev–Trinajstić information content (AvgIpc) is 3.45. The Hall–Kier alpha value is -0.384. The molecule has 1 radical (unpaired) electrons. The maximum Gasteiger partial charge on any atom is -0.0809 e. The minimum Gasteiger partial charge on any atom is -0.168 e. The zero-order valence-corrected chi connectivity index (χ0v) is 21.8. The van der Waals surface area contributed by atoms with Crippen LogP contribution in [-0.4, -0.2) is 21.8 Å². The molecule has 1 nitrogen and oxygen atoms in total. The van der Waals surface area contributed by atoms with E-state index in [0.717, 1.165) is 6.61 Å². The quantitative estimate of drug-likeness (QED) is 0.184. The Balaban J connectivity index is 0.000000146. The normalized spacial score (nSPS) is 13.2. The molecule has 1 saturated heterocycles. The first-order chi connectivity index (χ1) is 14.3. The van der Waals surface area contributed by atoms with Crippen LogP contribution < -0.4 is 0 Å². The summed E-state index contributed by atoms with van der Waals surface area (Å²) in [4.78, 5) is 1.39. The van der Waals surface area contributed by atoms with Crippen molar-refractivity contribution in [3.63, 3.8) is 0 Å². The van der Waals surface area contributed by atoms with Gasteiger partial charge in [-0.1, -0.05) is 18.6 Å². The summed E-state index contributed by atoms with van der Waals surface area (Å²) in [6.45, 7) is 0.982. The smallest absolute Gasteiger partial charge is 0.0809 e. The Morgan fingerprint density at radius 2 is 1.38 bits per heavy atom. The standard InChI is InChI=1S/2C9H7.C5H8O.CH3.Al.2ClH.Zr/c2*1-2-5-9-7-3-6-8(9)4-1;1-2-4-6-5-3-1;;;;;/h2*1-7H;1-4H2;1H3;;2*1H;/q3*-1;;;;;+2/p-2. The molecule has 1 fully saturated rings. The van der Waals surface area contributed by atoms with Crippen molar-refractivity contribution in [3.05, 3.63) is 89.9 Å². The number of ether oxygens (including phenoxy) is 1. The van der Waals surface area contributed by atoms with Crippen molar-refractivity contribution in [3.8, 4) is 0 Å². The Kier molecular flexibility index (Phi) is 13.2. The third kappa shape index (κ3) is 9.53. The summed E-state index contributed by atoms with van der Waals surface area (Å²) in [7, 11) is 9.87. The number of hydrogen-bond acceptors (Lipinski definition) is 1. The average molecular weight is 519 g/mol. The second-order valence-corrected chi connectivity index (χ2v) is 11.4. The van der Waals surface area contributed by atoms with Gasteiger partial charge in [0.05, 0.1) is 0 Å². The zero-order chi connectivity index (χ0) is 20.7. The molecular formula is C24H25AlCl2OZr-3. The van der Waals surface area contributed by atoms with Gasteiger partial charge in [0.15, 0.2) is 0 Å². The zero-order valence-electron chi connectivity index (χ0n) is 16.7. The van der Waals surface area contributed by atoms with Crippen LogP contribution in [0.3, 0.4) is 0 Å². The van der Waals surface area contributed by atoms with Gasteiger partial charge in [0.1, 0.15) is 0 Å². The summed E-state index contributed by atoms with van der Waals surface area (Å²) in [5.74, 6) is 2.24. The third-order valence-electron chi connectivity index (χ3n) is 4.52. The Bertz CT molecular complexity index is 789. The van der Waals surface area contributed by atoms with E-state index in [1.165, 1.54) is 45.8 Å². The molecule has 4 aromatic carbocycles. The van der Waals surface area contributed by atoms with Gasteiger partial charge in [0.2, 0.25) is 0 Å². The number of rotatable bonds is 1. The van der Waals surface area contributed by atoms with Crippen molar-refractivity contribution in [2.75, 3.05) is 6.61 Å². The van der Waals surface area contributed by atoms with Crippen molar-refractivity contribution in [2.24, 2.45) is 0 Å². The van der Waals surface area contributed by atoms with Gasteiger partial charge in [-0.15, -0.1) is 65.1 Å². The summed E-state index contributed by atoms with van der Waals surface area (Å²) in [6.07, 6.45) is 3.87. The molecule has 0 saturated carbocycles. The van der Waals surface area contributed by atoms with Crippen LogP contribution in [0.15, 0.2) is 84.9 Å². The summed E-state index contributed by atoms with van der Waals surface area (Å²) < 4.78 is 5.38. The number of benzene rings is 2. The van der Waals surface area contributed by atoms with Crippen LogP contribution in [0, 0.1) is 4.97 Å². The molecule has 0 atom stereocenters. The van der Waals surface area contributed by atoms with E-state index in [4.69, 9.17) is 21.8 Å². The third-order valence-corrected chi connectivity index (χ3v) is 5.62. The molecule has 4 aromatic rings. The minimum atomic E-state index is -0.826. The molecule has 1 heterocycles. The predicted molar refractivity (Wildman–Crippen MR) is 125 cm³/mol. The van der Waals surface area contributed by atoms with Gasteiger partial charge in [0, 0.05) is 6.61 Å². The molecule has 0 aliphatic carbocycles. The van der Waals surface area contributed by atoms with Gasteiger partial charge < -0.3 is 4.74 Å². The fourth-order valence-electron chi connectivity index (χ4n) is 3.04. The Morgan fingerprint density at radius 1 is 0.862 bits per heavy atom. The molecule has 0 aromatic heterocycles. The van der Waals surface area contributed by atoms with Gasteiger partial charge in [-0.2, -0.15) is 41.5 Å². The molecule has 151 valence electrons. The van der Waals surface area contributed by atoms with Crippen LogP contribution >= 0.6 is 17.0 Å². The van der Waals surface area contributed by atoms with E-state index in [-0.39, 0.29) is 0 Å². The fraction of sp³-hybridized carbons (Fsp3) is 0.208. The van der Waals surface area contributed by atoms with Crippen LogP contribution in [0.5, 0.6) is 0 Å². The molecule has 1 aliphatic rings. The molecule has 0 N–H and O–H groups in total. The van der Waals surface area contributed by atoms with E-state index in [2.05, 4.69) is 90.7 Å². The first kappa shape index (κ1) is 24.9. The van der Waals surface area contributed by atoms with Gasteiger partial charge in [-0.25, -0.2) is 4.97 Å². The summed E-state index contributed by atoms with van der Waals surface area (Å²) in [5.41, 5.74) is 0. The number of halogens is 2. The van der Waals surface area contributed by atoms with Crippen LogP contribution in [0.25, 0.3) is 21.5 Å². The van der Waals surface area contributed by atoms with Gasteiger partial charge in [-0.05, 0) is 21.6 Å². The Morgan fingerprint density at radius 3 is 1.76 bits per heavy atom. The maximum atomic E-state index is 5.38. The maximum absolute atomic E-state index is 5.38. The van der Waals surface area contributed by atoms with Crippen molar-refractivity contribution < 1.29 is 25.6 Å². The monoisotopic (exact) mass is 516 g/mol. The molecule has 29 heavy (non-hydrogen) atoms. The molecule has 5 rings (SSSR count). The predicted octanol–water partition coefficient (Wildman–Crippen LogP) is 7.92.